The number of carbonyl (C=O) groups is 1. The van der Waals surface area contributed by atoms with Gasteiger partial charge in [-0.1, -0.05) is 19.1 Å². The summed E-state index contributed by atoms with van der Waals surface area (Å²) in [6.07, 6.45) is 3.11. The van der Waals surface area contributed by atoms with Crippen LogP contribution in [-0.4, -0.2) is 35.9 Å². The highest BCUT2D eigenvalue weighted by Crippen LogP contribution is 2.38. The summed E-state index contributed by atoms with van der Waals surface area (Å²) in [5, 5.41) is 9.18. The second-order valence-corrected chi connectivity index (χ2v) is 7.39. The molecule has 2 aromatic rings. The smallest absolute Gasteiger partial charge is 0.354 e. The highest BCUT2D eigenvalue weighted by atomic mass is 16.7. The molecule has 0 spiro atoms. The van der Waals surface area contributed by atoms with Crippen LogP contribution in [-0.2, 0) is 6.42 Å². The molecule has 1 atom stereocenters. The summed E-state index contributed by atoms with van der Waals surface area (Å²) in [6, 6.07) is 11.3. The number of anilines is 1. The molecule has 0 radical (unpaired) electrons. The van der Waals surface area contributed by atoms with Gasteiger partial charge < -0.3 is 19.5 Å². The lowest BCUT2D eigenvalue weighted by molar-refractivity contribution is 0.0690. The van der Waals surface area contributed by atoms with Crippen LogP contribution in [0, 0.1) is 5.41 Å². The number of aromatic nitrogens is 1. The van der Waals surface area contributed by atoms with Gasteiger partial charge in [0.05, 0.1) is 0 Å². The first-order valence-electron chi connectivity index (χ1n) is 8.86. The normalized spacial score (nSPS) is 21.7. The van der Waals surface area contributed by atoms with Crippen molar-refractivity contribution in [2.24, 2.45) is 5.41 Å². The number of aromatic carboxylic acids is 1. The minimum Gasteiger partial charge on any atom is -0.477 e. The Hall–Kier alpha value is -2.76. The summed E-state index contributed by atoms with van der Waals surface area (Å²) in [5.41, 5.74) is 1.41. The van der Waals surface area contributed by atoms with E-state index in [1.807, 2.05) is 12.1 Å². The van der Waals surface area contributed by atoms with E-state index in [-0.39, 0.29) is 17.9 Å². The van der Waals surface area contributed by atoms with E-state index in [0.29, 0.717) is 0 Å². The number of pyridine rings is 1. The molecule has 0 aliphatic carbocycles. The van der Waals surface area contributed by atoms with Crippen molar-refractivity contribution in [1.29, 1.82) is 0 Å². The van der Waals surface area contributed by atoms with E-state index in [4.69, 9.17) is 9.47 Å². The molecule has 0 amide bonds. The third-order valence-electron chi connectivity index (χ3n) is 5.13. The molecule has 1 N–H and O–H groups in total. The maximum absolute atomic E-state index is 11.2. The minimum absolute atomic E-state index is 0.0885. The number of hydrogen-bond acceptors (Lipinski definition) is 5. The Kier molecular flexibility index (Phi) is 4.18. The van der Waals surface area contributed by atoms with Crippen molar-refractivity contribution in [1.82, 2.24) is 4.98 Å². The number of carboxylic acid groups (broad SMARTS) is 1. The van der Waals surface area contributed by atoms with Crippen LogP contribution in [0.25, 0.3) is 0 Å². The first kappa shape index (κ1) is 16.7. The van der Waals surface area contributed by atoms with Crippen LogP contribution >= 0.6 is 0 Å². The topological polar surface area (TPSA) is 71.9 Å². The summed E-state index contributed by atoms with van der Waals surface area (Å²) < 4.78 is 10.9. The first-order chi connectivity index (χ1) is 12.5. The lowest BCUT2D eigenvalue weighted by atomic mass is 9.77. The zero-order chi connectivity index (χ0) is 18.1. The molecule has 2 aliphatic rings. The number of hydrogen-bond donors (Lipinski definition) is 1. The van der Waals surface area contributed by atoms with E-state index in [1.54, 1.807) is 6.07 Å². The second kappa shape index (κ2) is 6.52. The molecule has 0 saturated carbocycles. The Balaban J connectivity index is 1.52. The van der Waals surface area contributed by atoms with E-state index >= 15 is 0 Å². The summed E-state index contributed by atoms with van der Waals surface area (Å²) in [7, 11) is 0. The summed E-state index contributed by atoms with van der Waals surface area (Å²) in [4.78, 5) is 17.7. The number of benzene rings is 1. The van der Waals surface area contributed by atoms with Crippen molar-refractivity contribution >= 4 is 11.8 Å². The average Bonchev–Trinajstić information content (AvgIpc) is 3.09. The second-order valence-electron chi connectivity index (χ2n) is 7.39. The maximum atomic E-state index is 11.2. The highest BCUT2D eigenvalue weighted by molar-refractivity contribution is 5.85. The molecule has 26 heavy (non-hydrogen) atoms. The van der Waals surface area contributed by atoms with Crippen molar-refractivity contribution in [3.63, 3.8) is 0 Å². The molecule has 1 aromatic carbocycles. The summed E-state index contributed by atoms with van der Waals surface area (Å²) in [5.74, 6) is 1.36. The van der Waals surface area contributed by atoms with Crippen LogP contribution in [0.4, 0.5) is 5.82 Å². The number of carboxylic acids is 1. The van der Waals surface area contributed by atoms with Crippen LogP contribution < -0.4 is 14.4 Å². The molecule has 0 bridgehead atoms. The molecule has 1 aromatic heterocycles. The van der Waals surface area contributed by atoms with Gasteiger partial charge in [0.25, 0.3) is 0 Å². The lowest BCUT2D eigenvalue weighted by Crippen LogP contribution is -2.43. The molecular weight excluding hydrogens is 332 g/mol. The van der Waals surface area contributed by atoms with Crippen molar-refractivity contribution in [2.45, 2.75) is 26.2 Å². The average molecular weight is 354 g/mol. The molecule has 2 aliphatic heterocycles. The van der Waals surface area contributed by atoms with Crippen LogP contribution in [0.15, 0.2) is 36.4 Å². The van der Waals surface area contributed by atoms with E-state index in [1.165, 1.54) is 11.6 Å². The Morgan fingerprint density at radius 3 is 2.96 bits per heavy atom. The third kappa shape index (κ3) is 3.31. The predicted octanol–water partition coefficient (Wildman–Crippen LogP) is 3.36. The molecule has 0 unspecified atom stereocenters. The number of piperidine rings is 1. The fraction of sp³-hybridized carbons (Fsp3) is 0.400. The summed E-state index contributed by atoms with van der Waals surface area (Å²) in [6.45, 7) is 4.31. The van der Waals surface area contributed by atoms with Gasteiger partial charge in [-0.25, -0.2) is 9.78 Å². The van der Waals surface area contributed by atoms with Gasteiger partial charge in [0.1, 0.15) is 5.82 Å². The molecule has 136 valence electrons. The third-order valence-corrected chi connectivity index (χ3v) is 5.13. The van der Waals surface area contributed by atoms with Crippen molar-refractivity contribution in [2.75, 3.05) is 24.8 Å². The number of ether oxygens (including phenoxy) is 2. The molecule has 6 nitrogen and oxygen atoms in total. The summed E-state index contributed by atoms with van der Waals surface area (Å²) >= 11 is 0. The SMILES string of the molecule is C[C@]1(Cc2ccc3c(c2)OCO3)CCCN(c2cccc(C(=O)O)n2)C1. The largest absolute Gasteiger partial charge is 0.477 e. The van der Waals surface area contributed by atoms with Gasteiger partial charge in [-0.3, -0.25) is 0 Å². The van der Waals surface area contributed by atoms with E-state index in [2.05, 4.69) is 28.9 Å². The Morgan fingerprint density at radius 1 is 1.27 bits per heavy atom. The van der Waals surface area contributed by atoms with Crippen molar-refractivity contribution < 1.29 is 19.4 Å². The number of fused-ring (bicyclic) bond motifs is 1. The molecule has 1 saturated heterocycles. The van der Waals surface area contributed by atoms with E-state index < -0.39 is 5.97 Å². The van der Waals surface area contributed by atoms with Crippen LogP contribution in [0.5, 0.6) is 11.5 Å². The standard InChI is InChI=1S/C20H22N2O4/c1-20(11-14-6-7-16-17(10-14)26-13-25-16)8-3-9-22(12-20)18-5-2-4-15(21-18)19(23)24/h2,4-7,10H,3,8-9,11-13H2,1H3,(H,23,24)/t20-/m1/s1. The van der Waals surface area contributed by atoms with Gasteiger partial charge in [0.15, 0.2) is 17.2 Å². The fourth-order valence-corrected chi connectivity index (χ4v) is 3.92. The van der Waals surface area contributed by atoms with Gasteiger partial charge in [0, 0.05) is 13.1 Å². The fourth-order valence-electron chi connectivity index (χ4n) is 3.92. The van der Waals surface area contributed by atoms with E-state index in [9.17, 15) is 9.90 Å². The number of nitrogens with zero attached hydrogens (tertiary/aromatic N) is 2. The van der Waals surface area contributed by atoms with Gasteiger partial charge >= 0.3 is 5.97 Å². The first-order valence-corrected chi connectivity index (χ1v) is 8.86. The van der Waals surface area contributed by atoms with Crippen LogP contribution in [0.2, 0.25) is 0 Å². The van der Waals surface area contributed by atoms with E-state index in [0.717, 1.165) is 49.7 Å². The van der Waals surface area contributed by atoms with Gasteiger partial charge in [-0.2, -0.15) is 0 Å². The number of rotatable bonds is 4. The van der Waals surface area contributed by atoms with Gasteiger partial charge in [-0.15, -0.1) is 0 Å². The lowest BCUT2D eigenvalue weighted by Gasteiger charge is -2.41. The Bertz CT molecular complexity index is 838. The van der Waals surface area contributed by atoms with Crippen LogP contribution in [0.3, 0.4) is 0 Å². The monoisotopic (exact) mass is 354 g/mol. The quantitative estimate of drug-likeness (QED) is 0.908. The van der Waals surface area contributed by atoms with Crippen molar-refractivity contribution in [3.05, 3.63) is 47.7 Å². The van der Waals surface area contributed by atoms with Crippen molar-refractivity contribution in [3.8, 4) is 11.5 Å². The van der Waals surface area contributed by atoms with Gasteiger partial charge in [-0.05, 0) is 54.5 Å². The van der Waals surface area contributed by atoms with Gasteiger partial charge in [0.2, 0.25) is 6.79 Å². The predicted molar refractivity (Wildman–Crippen MR) is 97.0 cm³/mol. The van der Waals surface area contributed by atoms with Crippen LogP contribution in [0.1, 0.15) is 35.8 Å². The minimum atomic E-state index is -0.994. The Morgan fingerprint density at radius 2 is 2.12 bits per heavy atom. The molecule has 6 heteroatoms. The molecule has 4 rings (SSSR count). The molecule has 3 heterocycles. The zero-order valence-corrected chi connectivity index (χ0v) is 14.8. The maximum Gasteiger partial charge on any atom is 0.354 e. The highest BCUT2D eigenvalue weighted by Gasteiger charge is 2.32. The zero-order valence-electron chi connectivity index (χ0n) is 14.8. The Labute approximate surface area is 152 Å². The molecule has 1 fully saturated rings. The molecular formula is C20H22N2O4.